The third kappa shape index (κ3) is 2.66. The van der Waals surface area contributed by atoms with Crippen LogP contribution in [0.15, 0.2) is 47.5 Å². The number of nitrogens with one attached hydrogen (secondary N) is 1. The second kappa shape index (κ2) is 5.60. The molecule has 5 nitrogen and oxygen atoms in total. The van der Waals surface area contributed by atoms with E-state index in [-0.39, 0.29) is 0 Å². The van der Waals surface area contributed by atoms with Gasteiger partial charge >= 0.3 is 0 Å². The van der Waals surface area contributed by atoms with E-state index in [2.05, 4.69) is 31.2 Å². The number of methoxy groups -OCH3 is 1. The number of halogens is 1. The second-order valence-corrected chi connectivity index (χ2v) is 5.14. The van der Waals surface area contributed by atoms with Gasteiger partial charge in [0.25, 0.3) is 0 Å². The van der Waals surface area contributed by atoms with Gasteiger partial charge in [0.2, 0.25) is 0 Å². The van der Waals surface area contributed by atoms with E-state index in [1.807, 2.05) is 41.1 Å². The summed E-state index contributed by atoms with van der Waals surface area (Å²) in [5.41, 5.74) is 2.84. The smallest absolute Gasteiger partial charge is 0.180 e. The zero-order valence-electron chi connectivity index (χ0n) is 10.9. The molecule has 1 N–H and O–H groups in total. The van der Waals surface area contributed by atoms with Crippen LogP contribution in [0.3, 0.4) is 0 Å². The van der Waals surface area contributed by atoms with E-state index in [4.69, 9.17) is 4.74 Å². The van der Waals surface area contributed by atoms with E-state index < -0.39 is 0 Å². The molecule has 0 aliphatic heterocycles. The van der Waals surface area contributed by atoms with Crippen molar-refractivity contribution in [2.75, 3.05) is 12.4 Å². The molecule has 0 aliphatic rings. The number of imidazole rings is 1. The van der Waals surface area contributed by atoms with Crippen LogP contribution in [0.25, 0.3) is 5.65 Å². The molecular formula is C14H13BrN4O. The number of benzene rings is 1. The van der Waals surface area contributed by atoms with Crippen LogP contribution in [0.2, 0.25) is 0 Å². The zero-order chi connectivity index (χ0) is 13.9. The maximum Gasteiger partial charge on any atom is 0.180 e. The highest BCUT2D eigenvalue weighted by Crippen LogP contribution is 2.22. The fourth-order valence-corrected chi connectivity index (χ4v) is 2.43. The first-order valence-electron chi connectivity index (χ1n) is 6.10. The van der Waals surface area contributed by atoms with Gasteiger partial charge in [0.15, 0.2) is 11.5 Å². The lowest BCUT2D eigenvalue weighted by atomic mass is 10.2. The minimum Gasteiger partial charge on any atom is -0.380 e. The molecule has 102 valence electrons. The molecule has 0 unspecified atom stereocenters. The summed E-state index contributed by atoms with van der Waals surface area (Å²) in [6.07, 6.45) is 5.50. The fraction of sp³-hybridized carbons (Fsp3) is 0.143. The van der Waals surface area contributed by atoms with Crippen molar-refractivity contribution in [2.45, 2.75) is 6.61 Å². The predicted molar refractivity (Wildman–Crippen MR) is 81.1 cm³/mol. The SMILES string of the molecule is COCc1cccc(Nc2nc(Br)cn3ccnc23)c1. The molecule has 6 heteroatoms. The van der Waals surface area contributed by atoms with Crippen LogP contribution in [-0.2, 0) is 11.3 Å². The molecule has 3 aromatic rings. The van der Waals surface area contributed by atoms with Gasteiger partial charge in [0.1, 0.15) is 4.60 Å². The van der Waals surface area contributed by atoms with E-state index in [1.165, 1.54) is 0 Å². The Bertz CT molecular complexity index is 741. The first kappa shape index (κ1) is 13.1. The maximum absolute atomic E-state index is 5.14. The van der Waals surface area contributed by atoms with Crippen LogP contribution in [0, 0.1) is 0 Å². The van der Waals surface area contributed by atoms with E-state index in [0.29, 0.717) is 12.4 Å². The third-order valence-electron chi connectivity index (χ3n) is 2.85. The largest absolute Gasteiger partial charge is 0.380 e. The molecule has 0 spiro atoms. The van der Waals surface area contributed by atoms with Crippen molar-refractivity contribution >= 4 is 33.1 Å². The Morgan fingerprint density at radius 1 is 1.40 bits per heavy atom. The lowest BCUT2D eigenvalue weighted by Crippen LogP contribution is -1.99. The summed E-state index contributed by atoms with van der Waals surface area (Å²) >= 11 is 3.40. The van der Waals surface area contributed by atoms with Crippen molar-refractivity contribution in [1.82, 2.24) is 14.4 Å². The number of aromatic nitrogens is 3. The zero-order valence-corrected chi connectivity index (χ0v) is 12.5. The number of anilines is 2. The van der Waals surface area contributed by atoms with Gasteiger partial charge in [-0.25, -0.2) is 9.97 Å². The average Bonchev–Trinajstić information content (AvgIpc) is 2.87. The van der Waals surface area contributed by atoms with E-state index in [0.717, 1.165) is 21.5 Å². The molecule has 0 bridgehead atoms. The molecule has 0 radical (unpaired) electrons. The quantitative estimate of drug-likeness (QED) is 0.795. The Hall–Kier alpha value is -1.92. The topological polar surface area (TPSA) is 51.5 Å². The number of hydrogen-bond acceptors (Lipinski definition) is 4. The predicted octanol–water partition coefficient (Wildman–Crippen LogP) is 3.38. The van der Waals surface area contributed by atoms with Gasteiger partial charge in [-0.3, -0.25) is 0 Å². The minimum atomic E-state index is 0.584. The summed E-state index contributed by atoms with van der Waals surface area (Å²) in [6, 6.07) is 8.03. The molecule has 0 aliphatic carbocycles. The molecule has 0 fully saturated rings. The number of nitrogens with zero attached hydrogens (tertiary/aromatic N) is 3. The average molecular weight is 333 g/mol. The number of fused-ring (bicyclic) bond motifs is 1. The molecule has 0 saturated heterocycles. The molecule has 0 atom stereocenters. The van der Waals surface area contributed by atoms with Gasteiger partial charge in [0, 0.05) is 31.4 Å². The fourth-order valence-electron chi connectivity index (χ4n) is 2.03. The van der Waals surface area contributed by atoms with Gasteiger partial charge in [-0.2, -0.15) is 0 Å². The molecule has 0 amide bonds. The number of hydrogen-bond donors (Lipinski definition) is 1. The second-order valence-electron chi connectivity index (χ2n) is 4.33. The summed E-state index contributed by atoms with van der Waals surface area (Å²) in [5, 5.41) is 3.29. The van der Waals surface area contributed by atoms with Crippen molar-refractivity contribution in [3.8, 4) is 0 Å². The molecule has 2 aromatic heterocycles. The van der Waals surface area contributed by atoms with Crippen molar-refractivity contribution in [3.05, 3.63) is 53.0 Å². The van der Waals surface area contributed by atoms with Gasteiger partial charge in [-0.05, 0) is 33.6 Å². The van der Waals surface area contributed by atoms with Crippen LogP contribution in [-0.4, -0.2) is 21.5 Å². The Labute approximate surface area is 124 Å². The standard InChI is InChI=1S/C14H13BrN4O/c1-20-9-10-3-2-4-11(7-10)17-13-14-16-5-6-19(14)8-12(15)18-13/h2-8H,9H2,1H3,(H,17,18). The van der Waals surface area contributed by atoms with E-state index in [9.17, 15) is 0 Å². The Morgan fingerprint density at radius 2 is 2.30 bits per heavy atom. The highest BCUT2D eigenvalue weighted by Gasteiger charge is 2.07. The molecule has 0 saturated carbocycles. The minimum absolute atomic E-state index is 0.584. The Balaban J connectivity index is 1.96. The third-order valence-corrected chi connectivity index (χ3v) is 3.23. The Kier molecular flexibility index (Phi) is 3.66. The van der Waals surface area contributed by atoms with Crippen LogP contribution in [0.5, 0.6) is 0 Å². The van der Waals surface area contributed by atoms with E-state index in [1.54, 1.807) is 13.3 Å². The molecule has 2 heterocycles. The molecule has 1 aromatic carbocycles. The van der Waals surface area contributed by atoms with Crippen molar-refractivity contribution < 1.29 is 4.74 Å². The summed E-state index contributed by atoms with van der Waals surface area (Å²) in [5.74, 6) is 0.707. The van der Waals surface area contributed by atoms with Crippen molar-refractivity contribution in [3.63, 3.8) is 0 Å². The maximum atomic E-state index is 5.14. The monoisotopic (exact) mass is 332 g/mol. The molecule has 3 rings (SSSR count). The van der Waals surface area contributed by atoms with Crippen LogP contribution in [0.1, 0.15) is 5.56 Å². The first-order chi connectivity index (χ1) is 9.76. The lowest BCUT2D eigenvalue weighted by Gasteiger charge is -2.09. The Morgan fingerprint density at radius 3 is 3.15 bits per heavy atom. The highest BCUT2D eigenvalue weighted by molar-refractivity contribution is 9.10. The van der Waals surface area contributed by atoms with Gasteiger partial charge < -0.3 is 14.5 Å². The summed E-state index contributed by atoms with van der Waals surface area (Å²) in [7, 11) is 1.68. The molecular weight excluding hydrogens is 320 g/mol. The van der Waals surface area contributed by atoms with Crippen LogP contribution >= 0.6 is 15.9 Å². The first-order valence-corrected chi connectivity index (χ1v) is 6.89. The number of ether oxygens (including phenoxy) is 1. The van der Waals surface area contributed by atoms with E-state index >= 15 is 0 Å². The van der Waals surface area contributed by atoms with Crippen LogP contribution < -0.4 is 5.32 Å². The van der Waals surface area contributed by atoms with Crippen molar-refractivity contribution in [1.29, 1.82) is 0 Å². The van der Waals surface area contributed by atoms with Gasteiger partial charge in [-0.1, -0.05) is 12.1 Å². The highest BCUT2D eigenvalue weighted by atomic mass is 79.9. The lowest BCUT2D eigenvalue weighted by molar-refractivity contribution is 0.185. The van der Waals surface area contributed by atoms with Crippen molar-refractivity contribution in [2.24, 2.45) is 0 Å². The van der Waals surface area contributed by atoms with Gasteiger partial charge in [-0.15, -0.1) is 0 Å². The van der Waals surface area contributed by atoms with Gasteiger partial charge in [0.05, 0.1) is 6.61 Å². The number of rotatable bonds is 4. The molecule has 20 heavy (non-hydrogen) atoms. The summed E-state index contributed by atoms with van der Waals surface area (Å²) in [4.78, 5) is 8.74. The summed E-state index contributed by atoms with van der Waals surface area (Å²) in [6.45, 7) is 0.584. The summed E-state index contributed by atoms with van der Waals surface area (Å²) < 4.78 is 7.81. The normalized spacial score (nSPS) is 10.9. The van der Waals surface area contributed by atoms with Crippen LogP contribution in [0.4, 0.5) is 11.5 Å².